The van der Waals surface area contributed by atoms with Gasteiger partial charge in [-0.15, -0.1) is 0 Å². The van der Waals surface area contributed by atoms with Gasteiger partial charge >= 0.3 is 5.97 Å². The number of hydrogen-bond acceptors (Lipinski definition) is 3. The molecule has 1 aromatic carbocycles. The van der Waals surface area contributed by atoms with Crippen LogP contribution in [0.2, 0.25) is 0 Å². The van der Waals surface area contributed by atoms with Gasteiger partial charge in [0.05, 0.1) is 5.56 Å². The second kappa shape index (κ2) is 6.61. The molecule has 1 aromatic rings. The molecule has 0 spiro atoms. The quantitative estimate of drug-likeness (QED) is 0.858. The lowest BCUT2D eigenvalue weighted by atomic mass is 9.83. The summed E-state index contributed by atoms with van der Waals surface area (Å²) in [5, 5.41) is 3.35. The van der Waals surface area contributed by atoms with Crippen molar-refractivity contribution in [3.63, 3.8) is 0 Å². The van der Waals surface area contributed by atoms with Crippen molar-refractivity contribution in [2.75, 3.05) is 13.1 Å². The van der Waals surface area contributed by atoms with Crippen molar-refractivity contribution < 1.29 is 9.53 Å². The molecule has 0 atom stereocenters. The smallest absolute Gasteiger partial charge is 0.338 e. The number of piperidine rings is 1. The molecule has 0 saturated carbocycles. The molecule has 2 rings (SSSR count). The lowest BCUT2D eigenvalue weighted by Crippen LogP contribution is -2.42. The number of benzene rings is 1. The molecule has 0 radical (unpaired) electrons. The van der Waals surface area contributed by atoms with Gasteiger partial charge in [-0.1, -0.05) is 26.0 Å². The van der Waals surface area contributed by atoms with Crippen LogP contribution in [0.15, 0.2) is 24.3 Å². The maximum atomic E-state index is 12.3. The first-order valence-electron chi connectivity index (χ1n) is 7.94. The summed E-state index contributed by atoms with van der Waals surface area (Å²) < 4.78 is 5.80. The summed E-state index contributed by atoms with van der Waals surface area (Å²) >= 11 is 0. The van der Waals surface area contributed by atoms with E-state index in [0.717, 1.165) is 25.9 Å². The highest BCUT2D eigenvalue weighted by Gasteiger charge is 2.34. The maximum absolute atomic E-state index is 12.3. The van der Waals surface area contributed by atoms with Crippen molar-refractivity contribution in [1.29, 1.82) is 0 Å². The first-order valence-corrected chi connectivity index (χ1v) is 7.94. The van der Waals surface area contributed by atoms with Crippen molar-refractivity contribution in [1.82, 2.24) is 5.32 Å². The van der Waals surface area contributed by atoms with Gasteiger partial charge in [0.25, 0.3) is 0 Å². The fourth-order valence-corrected chi connectivity index (χ4v) is 2.90. The zero-order chi connectivity index (χ0) is 15.5. The third kappa shape index (κ3) is 4.07. The largest absolute Gasteiger partial charge is 0.456 e. The number of carbonyl (C=O) groups is 1. The molecule has 3 nitrogen and oxygen atoms in total. The zero-order valence-electron chi connectivity index (χ0n) is 13.6. The highest BCUT2D eigenvalue weighted by Crippen LogP contribution is 2.30. The van der Waals surface area contributed by atoms with E-state index in [2.05, 4.69) is 19.2 Å². The molecule has 1 N–H and O–H groups in total. The van der Waals surface area contributed by atoms with Crippen LogP contribution in [0.4, 0.5) is 0 Å². The van der Waals surface area contributed by atoms with Crippen molar-refractivity contribution in [2.24, 2.45) is 5.92 Å². The minimum atomic E-state index is -0.407. The van der Waals surface area contributed by atoms with E-state index >= 15 is 0 Å². The maximum Gasteiger partial charge on any atom is 0.338 e. The van der Waals surface area contributed by atoms with Crippen LogP contribution < -0.4 is 5.32 Å². The number of hydrogen-bond donors (Lipinski definition) is 1. The number of nitrogens with one attached hydrogen (secondary N) is 1. The number of rotatable bonds is 4. The summed E-state index contributed by atoms with van der Waals surface area (Å²) in [6.07, 6.45) is 2.12. The molecule has 116 valence electrons. The Morgan fingerprint density at radius 2 is 1.76 bits per heavy atom. The predicted molar refractivity (Wildman–Crippen MR) is 85.6 cm³/mol. The highest BCUT2D eigenvalue weighted by atomic mass is 16.6. The highest BCUT2D eigenvalue weighted by molar-refractivity contribution is 5.89. The van der Waals surface area contributed by atoms with Crippen LogP contribution in [-0.2, 0) is 4.74 Å². The van der Waals surface area contributed by atoms with Crippen LogP contribution in [0.5, 0.6) is 0 Å². The number of esters is 1. The van der Waals surface area contributed by atoms with E-state index in [9.17, 15) is 4.79 Å². The Balaban J connectivity index is 2.02. The van der Waals surface area contributed by atoms with Gasteiger partial charge in [0.1, 0.15) is 5.60 Å². The van der Waals surface area contributed by atoms with Crippen molar-refractivity contribution in [2.45, 2.75) is 52.1 Å². The van der Waals surface area contributed by atoms with Gasteiger partial charge in [0, 0.05) is 5.92 Å². The molecule has 1 aliphatic heterocycles. The Bertz CT molecular complexity index is 470. The topological polar surface area (TPSA) is 38.3 Å². The fraction of sp³-hybridized carbons (Fsp3) is 0.611. The monoisotopic (exact) mass is 289 g/mol. The Morgan fingerprint density at radius 1 is 1.19 bits per heavy atom. The summed E-state index contributed by atoms with van der Waals surface area (Å²) in [4.78, 5) is 12.3. The van der Waals surface area contributed by atoms with E-state index < -0.39 is 5.60 Å². The van der Waals surface area contributed by atoms with Crippen molar-refractivity contribution in [3.05, 3.63) is 35.4 Å². The van der Waals surface area contributed by atoms with E-state index in [-0.39, 0.29) is 5.97 Å². The van der Waals surface area contributed by atoms with E-state index in [1.54, 1.807) is 0 Å². The van der Waals surface area contributed by atoms with Gasteiger partial charge in [-0.05, 0) is 63.4 Å². The minimum Gasteiger partial charge on any atom is -0.456 e. The third-order valence-corrected chi connectivity index (χ3v) is 4.49. The van der Waals surface area contributed by atoms with Gasteiger partial charge in [0.15, 0.2) is 0 Å². The van der Waals surface area contributed by atoms with Gasteiger partial charge < -0.3 is 10.1 Å². The van der Waals surface area contributed by atoms with Crippen LogP contribution >= 0.6 is 0 Å². The molecular formula is C18H27NO2. The third-order valence-electron chi connectivity index (χ3n) is 4.49. The van der Waals surface area contributed by atoms with E-state index in [1.165, 1.54) is 5.56 Å². The lowest BCUT2D eigenvalue weighted by Gasteiger charge is -2.36. The van der Waals surface area contributed by atoms with Crippen LogP contribution in [0.25, 0.3) is 0 Å². The number of ether oxygens (including phenoxy) is 1. The van der Waals surface area contributed by atoms with Gasteiger partial charge in [0.2, 0.25) is 0 Å². The molecule has 1 saturated heterocycles. The van der Waals surface area contributed by atoms with Gasteiger partial charge in [-0.3, -0.25) is 0 Å². The molecule has 0 aliphatic carbocycles. The normalized spacial score (nSPS) is 17.0. The van der Waals surface area contributed by atoms with Gasteiger partial charge in [-0.2, -0.15) is 0 Å². The van der Waals surface area contributed by atoms with Crippen LogP contribution in [0, 0.1) is 5.92 Å². The van der Waals surface area contributed by atoms with Gasteiger partial charge in [-0.25, -0.2) is 4.79 Å². The Hall–Kier alpha value is -1.35. The van der Waals surface area contributed by atoms with E-state index in [1.807, 2.05) is 38.1 Å². The Labute approximate surface area is 128 Å². The lowest BCUT2D eigenvalue weighted by molar-refractivity contribution is -0.0368. The molecule has 1 fully saturated rings. The average molecular weight is 289 g/mol. The standard InChI is InChI=1S/C18H27NO2/c1-13(2)14-5-7-15(8-6-14)17(20)21-18(3,4)16-9-11-19-12-10-16/h5-8,13,16,19H,9-12H2,1-4H3. The minimum absolute atomic E-state index is 0.214. The SMILES string of the molecule is CC(C)c1ccc(C(=O)OC(C)(C)C2CCNCC2)cc1. The van der Waals surface area contributed by atoms with E-state index in [4.69, 9.17) is 4.74 Å². The van der Waals surface area contributed by atoms with Crippen molar-refractivity contribution >= 4 is 5.97 Å². The molecule has 1 heterocycles. The predicted octanol–water partition coefficient (Wildman–Crippen LogP) is 3.75. The summed E-state index contributed by atoms with van der Waals surface area (Å²) in [6.45, 7) is 10.4. The Morgan fingerprint density at radius 3 is 2.29 bits per heavy atom. The second-order valence-corrected chi connectivity index (χ2v) is 6.79. The molecule has 0 aromatic heterocycles. The number of carbonyl (C=O) groups excluding carboxylic acids is 1. The summed E-state index contributed by atoms with van der Waals surface area (Å²) in [5.41, 5.74) is 1.47. The first-order chi connectivity index (χ1) is 9.90. The van der Waals surface area contributed by atoms with Crippen molar-refractivity contribution in [3.8, 4) is 0 Å². The van der Waals surface area contributed by atoms with Crippen LogP contribution in [-0.4, -0.2) is 24.7 Å². The van der Waals surface area contributed by atoms with Crippen LogP contribution in [0.1, 0.15) is 62.4 Å². The molecular weight excluding hydrogens is 262 g/mol. The molecule has 21 heavy (non-hydrogen) atoms. The molecule has 3 heteroatoms. The average Bonchev–Trinajstić information content (AvgIpc) is 2.48. The first kappa shape index (κ1) is 16.0. The second-order valence-electron chi connectivity index (χ2n) is 6.79. The zero-order valence-corrected chi connectivity index (χ0v) is 13.6. The molecule has 0 unspecified atom stereocenters. The Kier molecular flexibility index (Phi) is 5.04. The van der Waals surface area contributed by atoms with Crippen LogP contribution in [0.3, 0.4) is 0 Å². The summed E-state index contributed by atoms with van der Waals surface area (Å²) in [6, 6.07) is 7.77. The summed E-state index contributed by atoms with van der Waals surface area (Å²) in [7, 11) is 0. The molecule has 1 aliphatic rings. The van der Waals surface area contributed by atoms with E-state index in [0.29, 0.717) is 17.4 Å². The molecule has 0 amide bonds. The summed E-state index contributed by atoms with van der Waals surface area (Å²) in [5.74, 6) is 0.688. The fourth-order valence-electron chi connectivity index (χ4n) is 2.90. The molecule has 0 bridgehead atoms.